The van der Waals surface area contributed by atoms with Crippen molar-refractivity contribution in [3.8, 4) is 0 Å². The molecule has 1 aliphatic rings. The molecule has 1 fully saturated rings. The van der Waals surface area contributed by atoms with E-state index in [1.54, 1.807) is 6.20 Å². The lowest BCUT2D eigenvalue weighted by molar-refractivity contribution is 0.0116. The third kappa shape index (κ3) is 2.64. The van der Waals surface area contributed by atoms with E-state index in [4.69, 9.17) is 11.6 Å². The molecular weight excluding hydrogens is 324 g/mol. The summed E-state index contributed by atoms with van der Waals surface area (Å²) >= 11 is 5.95. The largest absolute Gasteiger partial charge is 0.385 e. The number of halogens is 1. The number of hydrogen-bond acceptors (Lipinski definition) is 4. The molecule has 1 saturated heterocycles. The van der Waals surface area contributed by atoms with Gasteiger partial charge in [-0.25, -0.2) is 4.98 Å². The van der Waals surface area contributed by atoms with Crippen LogP contribution in [0, 0.1) is 6.92 Å². The summed E-state index contributed by atoms with van der Waals surface area (Å²) in [4.78, 5) is 6.75. The number of piperidine rings is 1. The Labute approximate surface area is 145 Å². The van der Waals surface area contributed by atoms with Crippen molar-refractivity contribution in [3.63, 3.8) is 0 Å². The third-order valence-corrected chi connectivity index (χ3v) is 5.02. The highest BCUT2D eigenvalue weighted by molar-refractivity contribution is 6.30. The second-order valence-corrected chi connectivity index (χ2v) is 6.82. The van der Waals surface area contributed by atoms with E-state index in [2.05, 4.69) is 15.0 Å². The van der Waals surface area contributed by atoms with Crippen molar-refractivity contribution in [2.45, 2.75) is 25.4 Å². The molecule has 2 aromatic heterocycles. The molecule has 1 aromatic carbocycles. The molecule has 0 aliphatic carbocycles. The van der Waals surface area contributed by atoms with Crippen LogP contribution in [-0.2, 0) is 5.60 Å². The second-order valence-electron chi connectivity index (χ2n) is 6.38. The van der Waals surface area contributed by atoms with Gasteiger partial charge in [-0.05, 0) is 37.5 Å². The van der Waals surface area contributed by atoms with E-state index in [9.17, 15) is 5.11 Å². The lowest BCUT2D eigenvalue weighted by Gasteiger charge is -2.39. The molecule has 0 amide bonds. The highest BCUT2D eigenvalue weighted by Crippen LogP contribution is 2.35. The standard InChI is InChI=1S/C18H19ClN4O/c1-13-12-17(23-16(21-13)6-9-20-23)22-10-7-18(24,8-11-22)14-2-4-15(19)5-3-14/h2-6,9,12,24H,7-8,10-11H2,1H3. The van der Waals surface area contributed by atoms with Crippen LogP contribution < -0.4 is 4.90 Å². The summed E-state index contributed by atoms with van der Waals surface area (Å²) in [6.45, 7) is 3.51. The van der Waals surface area contributed by atoms with Crippen LogP contribution in [0.5, 0.6) is 0 Å². The number of rotatable bonds is 2. The van der Waals surface area contributed by atoms with E-state index in [0.717, 1.165) is 35.8 Å². The fraction of sp³-hybridized carbons (Fsp3) is 0.333. The van der Waals surface area contributed by atoms with E-state index in [-0.39, 0.29) is 0 Å². The molecule has 3 aromatic rings. The van der Waals surface area contributed by atoms with Crippen LogP contribution in [0.3, 0.4) is 0 Å². The van der Waals surface area contributed by atoms with Crippen LogP contribution in [0.25, 0.3) is 5.65 Å². The van der Waals surface area contributed by atoms with E-state index < -0.39 is 5.60 Å². The zero-order valence-corrected chi connectivity index (χ0v) is 14.2. The maximum absolute atomic E-state index is 11.0. The number of aliphatic hydroxyl groups is 1. The highest BCUT2D eigenvalue weighted by Gasteiger charge is 2.34. The third-order valence-electron chi connectivity index (χ3n) is 4.76. The molecule has 0 bridgehead atoms. The summed E-state index contributed by atoms with van der Waals surface area (Å²) in [7, 11) is 0. The molecule has 0 spiro atoms. The zero-order valence-electron chi connectivity index (χ0n) is 13.5. The van der Waals surface area contributed by atoms with Crippen LogP contribution in [0.15, 0.2) is 42.6 Å². The van der Waals surface area contributed by atoms with Crippen molar-refractivity contribution in [2.75, 3.05) is 18.0 Å². The van der Waals surface area contributed by atoms with Gasteiger partial charge in [0.25, 0.3) is 0 Å². The summed E-state index contributed by atoms with van der Waals surface area (Å²) in [5.74, 6) is 1.03. The van der Waals surface area contributed by atoms with Crippen molar-refractivity contribution in [1.29, 1.82) is 0 Å². The molecule has 24 heavy (non-hydrogen) atoms. The molecule has 5 nitrogen and oxygen atoms in total. The van der Waals surface area contributed by atoms with Crippen molar-refractivity contribution in [1.82, 2.24) is 14.6 Å². The summed E-state index contributed by atoms with van der Waals surface area (Å²) < 4.78 is 1.86. The van der Waals surface area contributed by atoms with Crippen LogP contribution in [0.2, 0.25) is 5.02 Å². The molecule has 1 aliphatic heterocycles. The minimum absolute atomic E-state index is 0.665. The average Bonchev–Trinajstić information content (AvgIpc) is 3.03. The summed E-state index contributed by atoms with van der Waals surface area (Å²) in [6.07, 6.45) is 3.09. The molecule has 6 heteroatoms. The van der Waals surface area contributed by atoms with Crippen LogP contribution in [-0.4, -0.2) is 32.8 Å². The molecule has 0 atom stereocenters. The SMILES string of the molecule is Cc1cc(N2CCC(O)(c3ccc(Cl)cc3)CC2)n2nccc2n1. The Bertz CT molecular complexity index is 866. The predicted molar refractivity (Wildman–Crippen MR) is 94.5 cm³/mol. The first-order chi connectivity index (χ1) is 11.5. The lowest BCUT2D eigenvalue weighted by atomic mass is 9.84. The minimum Gasteiger partial charge on any atom is -0.385 e. The van der Waals surface area contributed by atoms with E-state index >= 15 is 0 Å². The van der Waals surface area contributed by atoms with Gasteiger partial charge in [0.2, 0.25) is 0 Å². The smallest absolute Gasteiger partial charge is 0.157 e. The maximum Gasteiger partial charge on any atom is 0.157 e. The summed E-state index contributed by atoms with van der Waals surface area (Å²) in [5.41, 5.74) is 1.95. The van der Waals surface area contributed by atoms with E-state index in [1.807, 2.05) is 47.8 Å². The molecule has 1 N–H and O–H groups in total. The van der Waals surface area contributed by atoms with Gasteiger partial charge < -0.3 is 10.0 Å². The lowest BCUT2D eigenvalue weighted by Crippen LogP contribution is -2.43. The van der Waals surface area contributed by atoms with Crippen LogP contribution in [0.1, 0.15) is 24.1 Å². The fourth-order valence-corrected chi connectivity index (χ4v) is 3.52. The van der Waals surface area contributed by atoms with Gasteiger partial charge in [-0.15, -0.1) is 0 Å². The Kier molecular flexibility index (Phi) is 3.70. The Balaban J connectivity index is 1.59. The second kappa shape index (κ2) is 5.76. The number of aromatic nitrogens is 3. The summed E-state index contributed by atoms with van der Waals surface area (Å²) in [6, 6.07) is 11.5. The minimum atomic E-state index is -0.799. The van der Waals surface area contributed by atoms with Gasteiger partial charge in [0.1, 0.15) is 5.82 Å². The molecule has 0 unspecified atom stereocenters. The van der Waals surface area contributed by atoms with Gasteiger partial charge in [0.15, 0.2) is 5.65 Å². The van der Waals surface area contributed by atoms with Crippen molar-refractivity contribution in [3.05, 3.63) is 58.9 Å². The quantitative estimate of drug-likeness (QED) is 0.777. The fourth-order valence-electron chi connectivity index (χ4n) is 3.40. The van der Waals surface area contributed by atoms with Crippen molar-refractivity contribution in [2.24, 2.45) is 0 Å². The van der Waals surface area contributed by atoms with Gasteiger partial charge in [-0.3, -0.25) is 0 Å². The number of anilines is 1. The van der Waals surface area contributed by atoms with Gasteiger partial charge in [-0.2, -0.15) is 9.61 Å². The van der Waals surface area contributed by atoms with Gasteiger partial charge in [-0.1, -0.05) is 23.7 Å². The molecule has 0 radical (unpaired) electrons. The predicted octanol–water partition coefficient (Wildman–Crippen LogP) is 3.18. The number of nitrogens with zero attached hydrogens (tertiary/aromatic N) is 4. The highest BCUT2D eigenvalue weighted by atomic mass is 35.5. The first-order valence-corrected chi connectivity index (χ1v) is 8.48. The Morgan fingerprint density at radius 3 is 2.54 bits per heavy atom. The van der Waals surface area contributed by atoms with Crippen LogP contribution >= 0.6 is 11.6 Å². The topological polar surface area (TPSA) is 53.7 Å². The van der Waals surface area contributed by atoms with Gasteiger partial charge in [0.05, 0.1) is 11.8 Å². The molecular formula is C18H19ClN4O. The van der Waals surface area contributed by atoms with Gasteiger partial charge >= 0.3 is 0 Å². The maximum atomic E-state index is 11.0. The number of fused-ring (bicyclic) bond motifs is 1. The average molecular weight is 343 g/mol. The molecule has 3 heterocycles. The van der Waals surface area contributed by atoms with Crippen molar-refractivity contribution >= 4 is 23.1 Å². The van der Waals surface area contributed by atoms with Crippen LogP contribution in [0.4, 0.5) is 5.82 Å². The molecule has 124 valence electrons. The Morgan fingerprint density at radius 2 is 1.83 bits per heavy atom. The number of benzene rings is 1. The first kappa shape index (κ1) is 15.4. The number of hydrogen-bond donors (Lipinski definition) is 1. The summed E-state index contributed by atoms with van der Waals surface area (Å²) in [5, 5.41) is 16.1. The monoisotopic (exact) mass is 342 g/mol. The Hall–Kier alpha value is -2.11. The van der Waals surface area contributed by atoms with Gasteiger partial charge in [0, 0.05) is 35.9 Å². The Morgan fingerprint density at radius 1 is 1.12 bits per heavy atom. The van der Waals surface area contributed by atoms with Crippen molar-refractivity contribution < 1.29 is 5.11 Å². The zero-order chi connectivity index (χ0) is 16.7. The number of aryl methyl sites for hydroxylation is 1. The molecule has 4 rings (SSSR count). The van der Waals surface area contributed by atoms with E-state index in [1.165, 1.54) is 0 Å². The van der Waals surface area contributed by atoms with E-state index in [0.29, 0.717) is 17.9 Å². The normalized spacial score (nSPS) is 17.4. The first-order valence-electron chi connectivity index (χ1n) is 8.10. The molecule has 0 saturated carbocycles.